The van der Waals surface area contributed by atoms with Gasteiger partial charge in [-0.25, -0.2) is 0 Å². The molecule has 26 heavy (non-hydrogen) atoms. The second-order valence-corrected chi connectivity index (χ2v) is 6.81. The van der Waals surface area contributed by atoms with Crippen molar-refractivity contribution in [3.63, 3.8) is 0 Å². The molecule has 2 rings (SSSR count). The lowest BCUT2D eigenvalue weighted by atomic mass is 10.2. The highest BCUT2D eigenvalue weighted by atomic mass is 32.2. The number of hydrogen-bond donors (Lipinski definition) is 0. The van der Waals surface area contributed by atoms with Gasteiger partial charge in [-0.05, 0) is 30.7 Å². The molecule has 1 amide bonds. The van der Waals surface area contributed by atoms with Crippen LogP contribution in [0.2, 0.25) is 0 Å². The zero-order valence-corrected chi connectivity index (χ0v) is 15.3. The van der Waals surface area contributed by atoms with E-state index in [0.29, 0.717) is 5.56 Å². The summed E-state index contributed by atoms with van der Waals surface area (Å²) in [6.07, 6.45) is 0.346. The molecule has 1 aliphatic heterocycles. The molecule has 1 saturated heterocycles. The highest BCUT2D eigenvalue weighted by Crippen LogP contribution is 2.34. The summed E-state index contributed by atoms with van der Waals surface area (Å²) in [5.74, 6) is -2.85. The number of amides is 1. The van der Waals surface area contributed by atoms with Gasteiger partial charge in [0, 0.05) is 0 Å². The number of aliphatic carboxylic acids is 2. The number of carbonyl (C=O) groups is 3. The van der Waals surface area contributed by atoms with Gasteiger partial charge in [-0.1, -0.05) is 30.0 Å². The third-order valence-corrected chi connectivity index (χ3v) is 4.66. The Balaban J connectivity index is 2.25. The maximum Gasteiger partial charge on any atom is 0.266 e. The molecule has 0 spiro atoms. The Bertz CT molecular complexity index is 806. The second-order valence-electron chi connectivity index (χ2n) is 5.13. The number of ether oxygens (including phenoxy) is 2. The van der Waals surface area contributed by atoms with E-state index in [-0.39, 0.29) is 20.7 Å². The van der Waals surface area contributed by atoms with E-state index in [2.05, 4.69) is 0 Å². The first-order chi connectivity index (χ1) is 12.2. The molecule has 0 radical (unpaired) electrons. The van der Waals surface area contributed by atoms with Crippen LogP contribution in [0.3, 0.4) is 0 Å². The molecule has 0 aromatic heterocycles. The van der Waals surface area contributed by atoms with E-state index < -0.39 is 30.5 Å². The number of hydrogen-bond acceptors (Lipinski definition) is 9. The summed E-state index contributed by atoms with van der Waals surface area (Å²) in [7, 11) is 1.38. The molecule has 1 aromatic rings. The van der Waals surface area contributed by atoms with Crippen LogP contribution in [-0.2, 0) is 14.4 Å². The molecule has 0 unspecified atom stereocenters. The number of thioether (sulfide) groups is 1. The van der Waals surface area contributed by atoms with Crippen LogP contribution in [0.4, 0.5) is 0 Å². The Morgan fingerprint density at radius 1 is 1.35 bits per heavy atom. The van der Waals surface area contributed by atoms with E-state index in [0.717, 1.165) is 16.7 Å². The van der Waals surface area contributed by atoms with Crippen molar-refractivity contribution in [2.45, 2.75) is 13.0 Å². The van der Waals surface area contributed by atoms with E-state index in [9.17, 15) is 24.6 Å². The maximum atomic E-state index is 12.2. The Hall–Kier alpha value is -2.59. The predicted octanol–water partition coefficient (Wildman–Crippen LogP) is -0.836. The van der Waals surface area contributed by atoms with Crippen LogP contribution >= 0.6 is 24.0 Å². The van der Waals surface area contributed by atoms with Crippen LogP contribution in [0.5, 0.6) is 11.5 Å². The van der Waals surface area contributed by atoms with Crippen molar-refractivity contribution in [1.29, 1.82) is 0 Å². The molecule has 0 N–H and O–H groups in total. The van der Waals surface area contributed by atoms with Gasteiger partial charge in [-0.15, -0.1) is 0 Å². The summed E-state index contributed by atoms with van der Waals surface area (Å²) in [5.41, 5.74) is 0.559. The van der Waals surface area contributed by atoms with Crippen molar-refractivity contribution < 1.29 is 34.1 Å². The maximum absolute atomic E-state index is 12.2. The Morgan fingerprint density at radius 3 is 2.62 bits per heavy atom. The molecule has 138 valence electrons. The zero-order chi connectivity index (χ0) is 19.4. The summed E-state index contributed by atoms with van der Waals surface area (Å²) in [5, 5.41) is 21.5. The number of thiocarbonyl (C=S) groups is 1. The van der Waals surface area contributed by atoms with Crippen LogP contribution in [0, 0.1) is 0 Å². The smallest absolute Gasteiger partial charge is 0.266 e. The van der Waals surface area contributed by atoms with Crippen LogP contribution in [0.25, 0.3) is 6.08 Å². The summed E-state index contributed by atoms with van der Waals surface area (Å²) in [6, 6.07) is 4.62. The Labute approximate surface area is 158 Å². The van der Waals surface area contributed by atoms with Crippen molar-refractivity contribution in [3.8, 4) is 11.5 Å². The predicted molar refractivity (Wildman–Crippen MR) is 93.0 cm³/mol. The number of carboxylic acids is 2. The molecule has 8 nitrogen and oxygen atoms in total. The molecular formula is C16H13NO7S2-2. The van der Waals surface area contributed by atoms with E-state index in [1.165, 1.54) is 26.2 Å². The van der Waals surface area contributed by atoms with Crippen LogP contribution < -0.4 is 19.7 Å². The lowest BCUT2D eigenvalue weighted by Gasteiger charge is -2.17. The molecular weight excluding hydrogens is 382 g/mol. The average molecular weight is 395 g/mol. The third kappa shape index (κ3) is 4.52. The van der Waals surface area contributed by atoms with Crippen molar-refractivity contribution in [3.05, 3.63) is 28.7 Å². The summed E-state index contributed by atoms with van der Waals surface area (Å²) >= 11 is 5.97. The minimum atomic E-state index is -1.41. The van der Waals surface area contributed by atoms with Gasteiger partial charge >= 0.3 is 0 Å². The third-order valence-electron chi connectivity index (χ3n) is 3.28. The second kappa shape index (κ2) is 8.19. The monoisotopic (exact) mass is 395 g/mol. The largest absolute Gasteiger partial charge is 0.548 e. The number of benzene rings is 1. The lowest BCUT2D eigenvalue weighted by molar-refractivity contribution is -0.313. The normalized spacial score (nSPS) is 16.7. The van der Waals surface area contributed by atoms with Gasteiger partial charge in [0.2, 0.25) is 0 Å². The molecule has 0 saturated carbocycles. The Morgan fingerprint density at radius 2 is 2.04 bits per heavy atom. The summed E-state index contributed by atoms with van der Waals surface area (Å²) in [6.45, 7) is 0.713. The van der Waals surface area contributed by atoms with Gasteiger partial charge in [-0.2, -0.15) is 0 Å². The summed E-state index contributed by atoms with van der Waals surface area (Å²) < 4.78 is 10.5. The first kappa shape index (κ1) is 19.7. The molecule has 10 heteroatoms. The van der Waals surface area contributed by atoms with E-state index in [1.54, 1.807) is 12.1 Å². The fourth-order valence-corrected chi connectivity index (χ4v) is 3.28. The topological polar surface area (TPSA) is 119 Å². The van der Waals surface area contributed by atoms with Crippen molar-refractivity contribution >= 4 is 52.2 Å². The van der Waals surface area contributed by atoms with Crippen LogP contribution in [0.1, 0.15) is 12.5 Å². The highest BCUT2D eigenvalue weighted by Gasteiger charge is 2.31. The number of methoxy groups -OCH3 is 1. The highest BCUT2D eigenvalue weighted by molar-refractivity contribution is 8.26. The standard InChI is InChI=1S/C16H15NO7S2/c1-8(15(21)22)24-10-4-3-9(5-11(10)23-2)6-12-14(20)17(7-13(18)19)16(25)26-12/h3-6,8H,7H2,1-2H3,(H,18,19)(H,21,22)/p-2/b12-6+/t8-/m0/s1. The van der Waals surface area contributed by atoms with Gasteiger partial charge in [0.25, 0.3) is 5.91 Å². The van der Waals surface area contributed by atoms with E-state index in [4.69, 9.17) is 21.7 Å². The molecule has 1 aromatic carbocycles. The van der Waals surface area contributed by atoms with Crippen LogP contribution in [0.15, 0.2) is 23.1 Å². The van der Waals surface area contributed by atoms with E-state index >= 15 is 0 Å². The fraction of sp³-hybridized carbons (Fsp3) is 0.250. The van der Waals surface area contributed by atoms with Gasteiger partial charge in [0.15, 0.2) is 11.5 Å². The SMILES string of the molecule is COc1cc(/C=C2/SC(=S)N(CC(=O)[O-])C2=O)ccc1O[C@@H](C)C(=O)[O-]. The minimum Gasteiger partial charge on any atom is -0.548 e. The average Bonchev–Trinajstić information content (AvgIpc) is 2.83. The zero-order valence-electron chi connectivity index (χ0n) is 13.7. The first-order valence-corrected chi connectivity index (χ1v) is 8.46. The number of carboxylic acid groups (broad SMARTS) is 2. The molecule has 0 bridgehead atoms. The van der Waals surface area contributed by atoms with Gasteiger partial charge in [0.05, 0.1) is 30.5 Å². The molecule has 1 fully saturated rings. The van der Waals surface area contributed by atoms with Crippen molar-refractivity contribution in [1.82, 2.24) is 4.90 Å². The van der Waals surface area contributed by atoms with Gasteiger partial charge in [-0.3, -0.25) is 9.69 Å². The molecule has 1 aliphatic rings. The fourth-order valence-electron chi connectivity index (χ4n) is 2.03. The minimum absolute atomic E-state index is 0.125. The van der Waals surface area contributed by atoms with Crippen LogP contribution in [-0.4, -0.2) is 46.8 Å². The van der Waals surface area contributed by atoms with Gasteiger partial charge in [0.1, 0.15) is 10.4 Å². The Kier molecular flexibility index (Phi) is 6.22. The number of nitrogens with zero attached hydrogens (tertiary/aromatic N) is 1. The number of carbonyl (C=O) groups excluding carboxylic acids is 3. The quantitative estimate of drug-likeness (QED) is 0.430. The van der Waals surface area contributed by atoms with Crippen molar-refractivity contribution in [2.24, 2.45) is 0 Å². The summed E-state index contributed by atoms with van der Waals surface area (Å²) in [4.78, 5) is 34.9. The first-order valence-electron chi connectivity index (χ1n) is 7.23. The van der Waals surface area contributed by atoms with E-state index in [1.807, 2.05) is 0 Å². The molecule has 1 atom stereocenters. The number of rotatable bonds is 7. The molecule has 1 heterocycles. The molecule has 0 aliphatic carbocycles. The lowest BCUT2D eigenvalue weighted by Crippen LogP contribution is -2.40. The van der Waals surface area contributed by atoms with Crippen molar-refractivity contribution in [2.75, 3.05) is 13.7 Å². The van der Waals surface area contributed by atoms with Gasteiger partial charge < -0.3 is 29.3 Å².